The van der Waals surface area contributed by atoms with Crippen LogP contribution in [0.1, 0.15) is 16.2 Å². The first kappa shape index (κ1) is 22.9. The maximum Gasteiger partial charge on any atom is 0.417 e. The second-order valence-electron chi connectivity index (χ2n) is 8.47. The molecule has 0 N–H and O–H groups in total. The van der Waals surface area contributed by atoms with Crippen LogP contribution in [0.25, 0.3) is 33.5 Å². The fourth-order valence-corrected chi connectivity index (χ4v) is 4.16. The van der Waals surface area contributed by atoms with Gasteiger partial charge in [0.05, 0.1) is 22.3 Å². The highest BCUT2D eigenvalue weighted by Gasteiger charge is 2.36. The molecule has 6 nitrogen and oxygen atoms in total. The average Bonchev–Trinajstić information content (AvgIpc) is 2.88. The number of piperazine rings is 1. The predicted octanol–water partition coefficient (Wildman–Crippen LogP) is 4.77. The van der Waals surface area contributed by atoms with Gasteiger partial charge in [0, 0.05) is 37.3 Å². The summed E-state index contributed by atoms with van der Waals surface area (Å²) in [4.78, 5) is 30.2. The SMILES string of the molecule is CN1CCN(C(=O)c2nc(-c3ccccc3)c3c(C(F)(F)F)cc(-c4ccccc4)nc3n2)CC1. The maximum atomic E-state index is 14.3. The minimum absolute atomic E-state index is 0.0347. The van der Waals surface area contributed by atoms with Crippen molar-refractivity contribution in [1.82, 2.24) is 24.8 Å². The summed E-state index contributed by atoms with van der Waals surface area (Å²) >= 11 is 0. The number of aromatic nitrogens is 3. The number of fused-ring (bicyclic) bond motifs is 1. The van der Waals surface area contributed by atoms with E-state index in [2.05, 4.69) is 19.9 Å². The Balaban J connectivity index is 1.77. The molecule has 178 valence electrons. The molecule has 1 amide bonds. The Labute approximate surface area is 200 Å². The van der Waals surface area contributed by atoms with E-state index in [1.54, 1.807) is 65.6 Å². The van der Waals surface area contributed by atoms with Gasteiger partial charge in [-0.25, -0.2) is 15.0 Å². The highest BCUT2D eigenvalue weighted by molar-refractivity contribution is 5.99. The van der Waals surface area contributed by atoms with E-state index in [0.29, 0.717) is 37.3 Å². The molecule has 0 atom stereocenters. The van der Waals surface area contributed by atoms with E-state index >= 15 is 0 Å². The Bertz CT molecular complexity index is 1370. The number of carbonyl (C=O) groups is 1. The average molecular weight is 477 g/mol. The summed E-state index contributed by atoms with van der Waals surface area (Å²) in [6.07, 6.45) is -4.68. The molecule has 4 aromatic rings. The third kappa shape index (κ3) is 4.59. The molecule has 0 bridgehead atoms. The summed E-state index contributed by atoms with van der Waals surface area (Å²) in [6.45, 7) is 2.37. The molecule has 1 aliphatic heterocycles. The molecule has 3 heterocycles. The first-order valence-electron chi connectivity index (χ1n) is 11.2. The summed E-state index contributed by atoms with van der Waals surface area (Å²) in [6, 6.07) is 18.1. The molecule has 1 saturated heterocycles. The number of alkyl halides is 3. The van der Waals surface area contributed by atoms with Crippen molar-refractivity contribution < 1.29 is 18.0 Å². The molecule has 2 aromatic heterocycles. The Morgan fingerprint density at radius 2 is 1.43 bits per heavy atom. The van der Waals surface area contributed by atoms with Gasteiger partial charge in [-0.15, -0.1) is 0 Å². The molecule has 0 spiro atoms. The zero-order valence-corrected chi connectivity index (χ0v) is 19.0. The smallest absolute Gasteiger partial charge is 0.333 e. The standard InChI is InChI=1S/C26H22F3N5O/c1-33-12-14-34(15-13-33)25(35)24-31-22(18-10-6-3-7-11-18)21-19(26(27,28)29)16-20(30-23(21)32-24)17-8-4-2-5-9-17/h2-11,16H,12-15H2,1H3. The van der Waals surface area contributed by atoms with Gasteiger partial charge in [-0.2, -0.15) is 13.2 Å². The number of halogens is 3. The lowest BCUT2D eigenvalue weighted by molar-refractivity contribution is -0.136. The van der Waals surface area contributed by atoms with Gasteiger partial charge in [-0.05, 0) is 13.1 Å². The number of likely N-dealkylation sites (N-methyl/N-ethyl adjacent to an activating group) is 1. The Morgan fingerprint density at radius 1 is 0.829 bits per heavy atom. The summed E-state index contributed by atoms with van der Waals surface area (Å²) in [5.41, 5.74) is 0.0799. The molecule has 1 fully saturated rings. The largest absolute Gasteiger partial charge is 0.417 e. The Hall–Kier alpha value is -3.85. The number of carbonyl (C=O) groups excluding carboxylic acids is 1. The van der Waals surface area contributed by atoms with E-state index in [1.807, 2.05) is 7.05 Å². The van der Waals surface area contributed by atoms with E-state index < -0.39 is 17.6 Å². The molecule has 2 aromatic carbocycles. The van der Waals surface area contributed by atoms with Gasteiger partial charge >= 0.3 is 6.18 Å². The van der Waals surface area contributed by atoms with Crippen LogP contribution in [0.15, 0.2) is 66.7 Å². The van der Waals surface area contributed by atoms with Crippen LogP contribution < -0.4 is 0 Å². The van der Waals surface area contributed by atoms with Crippen molar-refractivity contribution in [3.63, 3.8) is 0 Å². The van der Waals surface area contributed by atoms with Gasteiger partial charge in [0.2, 0.25) is 5.82 Å². The van der Waals surface area contributed by atoms with Crippen LogP contribution in [0.3, 0.4) is 0 Å². The van der Waals surface area contributed by atoms with Gasteiger partial charge in [0.25, 0.3) is 5.91 Å². The number of amides is 1. The number of hydrogen-bond donors (Lipinski definition) is 0. The van der Waals surface area contributed by atoms with E-state index in [9.17, 15) is 18.0 Å². The van der Waals surface area contributed by atoms with Crippen LogP contribution in [0, 0.1) is 0 Å². The molecular formula is C26H22F3N5O. The fraction of sp³-hybridized carbons (Fsp3) is 0.231. The van der Waals surface area contributed by atoms with Crippen molar-refractivity contribution in [3.8, 4) is 22.5 Å². The van der Waals surface area contributed by atoms with Crippen LogP contribution in [0.5, 0.6) is 0 Å². The van der Waals surface area contributed by atoms with Crippen molar-refractivity contribution in [2.45, 2.75) is 6.18 Å². The molecule has 0 unspecified atom stereocenters. The van der Waals surface area contributed by atoms with Crippen molar-refractivity contribution in [2.75, 3.05) is 33.2 Å². The highest BCUT2D eigenvalue weighted by atomic mass is 19.4. The zero-order chi connectivity index (χ0) is 24.6. The summed E-state index contributed by atoms with van der Waals surface area (Å²) in [5.74, 6) is -0.579. The van der Waals surface area contributed by atoms with Crippen LogP contribution in [0.4, 0.5) is 13.2 Å². The van der Waals surface area contributed by atoms with Crippen LogP contribution in [-0.4, -0.2) is 63.9 Å². The first-order chi connectivity index (χ1) is 16.8. The van der Waals surface area contributed by atoms with Crippen molar-refractivity contribution in [3.05, 3.63) is 78.1 Å². The number of nitrogens with zero attached hydrogens (tertiary/aromatic N) is 5. The highest BCUT2D eigenvalue weighted by Crippen LogP contribution is 2.40. The second-order valence-corrected chi connectivity index (χ2v) is 8.47. The van der Waals surface area contributed by atoms with Crippen molar-refractivity contribution in [2.24, 2.45) is 0 Å². The number of hydrogen-bond acceptors (Lipinski definition) is 5. The van der Waals surface area contributed by atoms with Gasteiger partial charge in [0.1, 0.15) is 0 Å². The van der Waals surface area contributed by atoms with E-state index in [4.69, 9.17) is 0 Å². The summed E-state index contributed by atoms with van der Waals surface area (Å²) < 4.78 is 43.0. The normalized spacial score (nSPS) is 14.9. The van der Waals surface area contributed by atoms with Crippen LogP contribution in [0.2, 0.25) is 0 Å². The first-order valence-corrected chi connectivity index (χ1v) is 11.2. The van der Waals surface area contributed by atoms with E-state index in [1.165, 1.54) is 0 Å². The molecule has 1 aliphatic rings. The number of benzene rings is 2. The van der Waals surface area contributed by atoms with Crippen LogP contribution in [-0.2, 0) is 6.18 Å². The lowest BCUT2D eigenvalue weighted by Crippen LogP contribution is -2.47. The van der Waals surface area contributed by atoms with Gasteiger partial charge in [0.15, 0.2) is 5.65 Å². The van der Waals surface area contributed by atoms with Crippen molar-refractivity contribution >= 4 is 16.9 Å². The third-order valence-corrected chi connectivity index (χ3v) is 6.07. The Morgan fingerprint density at radius 3 is 2.03 bits per heavy atom. The van der Waals surface area contributed by atoms with Crippen molar-refractivity contribution in [1.29, 1.82) is 0 Å². The van der Waals surface area contributed by atoms with E-state index in [-0.39, 0.29) is 28.2 Å². The summed E-state index contributed by atoms with van der Waals surface area (Å²) in [7, 11) is 1.97. The molecule has 9 heteroatoms. The van der Waals surface area contributed by atoms with E-state index in [0.717, 1.165) is 6.07 Å². The number of pyridine rings is 1. The number of rotatable bonds is 3. The van der Waals surface area contributed by atoms with Gasteiger partial charge in [-0.3, -0.25) is 4.79 Å². The fourth-order valence-electron chi connectivity index (χ4n) is 4.16. The topological polar surface area (TPSA) is 62.2 Å². The van der Waals surface area contributed by atoms with Gasteiger partial charge in [-0.1, -0.05) is 60.7 Å². The maximum absolute atomic E-state index is 14.3. The zero-order valence-electron chi connectivity index (χ0n) is 19.0. The molecule has 5 rings (SSSR count). The molecule has 35 heavy (non-hydrogen) atoms. The molecular weight excluding hydrogens is 455 g/mol. The summed E-state index contributed by atoms with van der Waals surface area (Å²) in [5, 5.41) is -0.224. The van der Waals surface area contributed by atoms with Crippen LogP contribution >= 0.6 is 0 Å². The predicted molar refractivity (Wildman–Crippen MR) is 127 cm³/mol. The minimum Gasteiger partial charge on any atom is -0.333 e. The minimum atomic E-state index is -4.68. The lowest BCUT2D eigenvalue weighted by Gasteiger charge is -2.32. The Kier molecular flexibility index (Phi) is 5.94. The second kappa shape index (κ2) is 9.07. The van der Waals surface area contributed by atoms with Gasteiger partial charge < -0.3 is 9.80 Å². The monoisotopic (exact) mass is 477 g/mol. The molecule has 0 radical (unpaired) electrons. The third-order valence-electron chi connectivity index (χ3n) is 6.07. The molecule has 0 saturated carbocycles. The lowest BCUT2D eigenvalue weighted by atomic mass is 10.0. The molecule has 0 aliphatic carbocycles. The quantitative estimate of drug-likeness (QED) is 0.426.